The molecule has 0 atom stereocenters. The molecule has 5 nitrogen and oxygen atoms in total. The van der Waals surface area contributed by atoms with Gasteiger partial charge in [0.05, 0.1) is 15.5 Å². The van der Waals surface area contributed by atoms with Crippen molar-refractivity contribution in [2.45, 2.75) is 18.0 Å². The Bertz CT molecular complexity index is 1790. The summed E-state index contributed by atoms with van der Waals surface area (Å²) in [4.78, 5) is 4.46. The Kier molecular flexibility index (Phi) is 10.0. The maximum Gasteiger partial charge on any atom is 0.175 e. The van der Waals surface area contributed by atoms with Gasteiger partial charge in [0.15, 0.2) is 21.2 Å². The number of para-hydroxylation sites is 1. The molecule has 0 spiro atoms. The Morgan fingerprint density at radius 3 is 2.09 bits per heavy atom. The fourth-order valence-corrected chi connectivity index (χ4v) is 6.64. The van der Waals surface area contributed by atoms with Gasteiger partial charge in [0.25, 0.3) is 0 Å². The molecule has 5 rings (SSSR count). The van der Waals surface area contributed by atoms with Gasteiger partial charge in [-0.05, 0) is 47.0 Å². The van der Waals surface area contributed by atoms with E-state index >= 15 is 0 Å². The molecule has 0 bridgehead atoms. The third-order valence-corrected chi connectivity index (χ3v) is 9.51. The van der Waals surface area contributed by atoms with Gasteiger partial charge >= 0.3 is 0 Å². The number of hydrogen-bond acceptors (Lipinski definition) is 5. The number of halogens is 1. The molecule has 8 heteroatoms. The number of quaternary nitrogens is 1. The lowest BCUT2D eigenvalue weighted by Crippen LogP contribution is -2.74. The summed E-state index contributed by atoms with van der Waals surface area (Å²) in [6, 6.07) is 39.3. The zero-order valence-electron chi connectivity index (χ0n) is 23.8. The first kappa shape index (κ1) is 30.6. The molecular weight excluding hydrogens is 594 g/mol. The molecule has 5 aromatic rings. The molecule has 3 N–H and O–H groups in total. The molecule has 0 aliphatic heterocycles. The largest absolute Gasteiger partial charge is 0.304 e. The van der Waals surface area contributed by atoms with Gasteiger partial charge in [-0.25, -0.2) is 8.42 Å². The molecule has 0 aliphatic rings. The Labute approximate surface area is 262 Å². The molecular formula is C35H33ClN3O2S2+. The summed E-state index contributed by atoms with van der Waals surface area (Å²) in [7, 11) is -3.32. The number of sulfone groups is 1. The van der Waals surface area contributed by atoms with Gasteiger partial charge in [0, 0.05) is 42.9 Å². The first-order valence-electron chi connectivity index (χ1n) is 13.8. The van der Waals surface area contributed by atoms with Crippen molar-refractivity contribution in [3.63, 3.8) is 0 Å². The average Bonchev–Trinajstić information content (AvgIpc) is 3.49. The monoisotopic (exact) mass is 626 g/mol. The first-order valence-corrected chi connectivity index (χ1v) is 16.9. The summed E-state index contributed by atoms with van der Waals surface area (Å²) in [5.74, 6) is 0. The van der Waals surface area contributed by atoms with Crippen molar-refractivity contribution >= 4 is 49.9 Å². The van der Waals surface area contributed by atoms with Crippen LogP contribution in [0.3, 0.4) is 0 Å². The van der Waals surface area contributed by atoms with Crippen LogP contribution in [-0.4, -0.2) is 31.8 Å². The van der Waals surface area contributed by atoms with Gasteiger partial charge in [-0.2, -0.15) is 0 Å². The summed E-state index contributed by atoms with van der Waals surface area (Å²) >= 11 is 8.10. The van der Waals surface area contributed by atoms with Crippen molar-refractivity contribution in [3.8, 4) is 10.4 Å². The van der Waals surface area contributed by atoms with Crippen LogP contribution in [0.1, 0.15) is 16.0 Å². The van der Waals surface area contributed by atoms with E-state index in [4.69, 9.17) is 17.0 Å². The second-order valence-electron chi connectivity index (χ2n) is 10.4. The van der Waals surface area contributed by atoms with Gasteiger partial charge in [0.2, 0.25) is 0 Å². The van der Waals surface area contributed by atoms with Crippen LogP contribution in [-0.2, 0) is 22.9 Å². The molecule has 0 unspecified atom stereocenters. The fraction of sp³-hybridized carbons (Fsp3) is 0.114. The molecule has 0 saturated heterocycles. The van der Waals surface area contributed by atoms with E-state index in [0.29, 0.717) is 17.3 Å². The zero-order valence-corrected chi connectivity index (χ0v) is 26.2. The number of hydrogen-bond donors (Lipinski definition) is 2. The Hall–Kier alpha value is -3.85. The second kappa shape index (κ2) is 14.1. The topological polar surface area (TPSA) is 77.8 Å². The summed E-state index contributed by atoms with van der Waals surface area (Å²) in [5, 5.41) is 11.7. The second-order valence-corrected chi connectivity index (χ2v) is 13.9. The highest BCUT2D eigenvalue weighted by Gasteiger charge is 2.17. The minimum Gasteiger partial charge on any atom is -0.304 e. The fourth-order valence-electron chi connectivity index (χ4n) is 4.80. The van der Waals surface area contributed by atoms with Crippen LogP contribution in [0.5, 0.6) is 0 Å². The minimum absolute atomic E-state index is 0.289. The van der Waals surface area contributed by atoms with Crippen LogP contribution in [0.25, 0.3) is 16.1 Å². The van der Waals surface area contributed by atoms with Crippen LogP contribution in [0.15, 0.2) is 132 Å². The molecule has 0 radical (unpaired) electrons. The third-order valence-electron chi connectivity index (χ3n) is 6.88. The van der Waals surface area contributed by atoms with Gasteiger partial charge in [-0.1, -0.05) is 96.5 Å². The predicted octanol–water partition coefficient (Wildman–Crippen LogP) is 7.43. The van der Waals surface area contributed by atoms with E-state index in [9.17, 15) is 8.42 Å². The van der Waals surface area contributed by atoms with E-state index in [1.54, 1.807) is 29.5 Å². The van der Waals surface area contributed by atoms with E-state index in [0.717, 1.165) is 39.8 Å². The van der Waals surface area contributed by atoms with Gasteiger partial charge in [0.1, 0.15) is 5.02 Å². The molecule has 218 valence electrons. The lowest BCUT2D eigenvalue weighted by Gasteiger charge is -2.22. The first-order chi connectivity index (χ1) is 20.7. The smallest absolute Gasteiger partial charge is 0.175 e. The van der Waals surface area contributed by atoms with Crippen molar-refractivity contribution in [1.29, 1.82) is 5.41 Å². The highest BCUT2D eigenvalue weighted by molar-refractivity contribution is 7.90. The van der Waals surface area contributed by atoms with Crippen LogP contribution in [0.2, 0.25) is 5.02 Å². The number of nitrogens with one attached hydrogen (secondary N) is 1. The van der Waals surface area contributed by atoms with E-state index in [-0.39, 0.29) is 4.90 Å². The third kappa shape index (κ3) is 8.60. The molecule has 4 aromatic carbocycles. The summed E-state index contributed by atoms with van der Waals surface area (Å²) < 4.78 is 24.3. The number of nitrogens with two attached hydrogens (primary N) is 1. The maximum atomic E-state index is 12.2. The summed E-state index contributed by atoms with van der Waals surface area (Å²) in [6.07, 6.45) is 3.13. The number of benzene rings is 4. The van der Waals surface area contributed by atoms with Crippen molar-refractivity contribution < 1.29 is 13.7 Å². The van der Waals surface area contributed by atoms with Gasteiger partial charge in [-0.15, -0.1) is 11.3 Å². The lowest BCUT2D eigenvalue weighted by molar-refractivity contribution is -0.468. The maximum absolute atomic E-state index is 12.2. The highest BCUT2D eigenvalue weighted by atomic mass is 35.5. The molecule has 1 aromatic heterocycles. The van der Waals surface area contributed by atoms with Crippen molar-refractivity contribution in [1.82, 2.24) is 4.90 Å². The molecule has 0 amide bonds. The number of thiophene rings is 1. The quantitative estimate of drug-likeness (QED) is 0.112. The molecule has 0 aliphatic carbocycles. The van der Waals surface area contributed by atoms with E-state index in [2.05, 4.69) is 29.2 Å². The normalized spacial score (nSPS) is 12.0. The van der Waals surface area contributed by atoms with Crippen molar-refractivity contribution in [2.24, 2.45) is 0 Å². The Morgan fingerprint density at radius 2 is 1.47 bits per heavy atom. The average molecular weight is 627 g/mol. The van der Waals surface area contributed by atoms with E-state index < -0.39 is 9.84 Å². The van der Waals surface area contributed by atoms with Gasteiger partial charge < -0.3 is 5.41 Å². The summed E-state index contributed by atoms with van der Waals surface area (Å²) in [5.41, 5.74) is 5.42. The number of nitrogens with zero attached hydrogens (tertiary/aromatic N) is 1. The number of rotatable bonds is 12. The molecule has 0 saturated carbocycles. The van der Waals surface area contributed by atoms with Crippen LogP contribution < -0.4 is 5.32 Å². The van der Waals surface area contributed by atoms with Crippen LogP contribution in [0.4, 0.5) is 5.69 Å². The lowest BCUT2D eigenvalue weighted by atomic mass is 10.1. The molecule has 43 heavy (non-hydrogen) atoms. The standard InChI is InChI=1S/C35H32ClN3O2S2/c1-43(40,41)30-16-10-15-28(21-30)34-19-20-35(42-34)33(38-32-18-9-8-17-31(32)36)22-29(37)25-39(23-26-11-4-2-5-12-26)24-27-13-6-3-7-14-27/h2-22,37-38H,23-25H2,1H3/p+1/b33-22-,37-29?. The van der Waals surface area contributed by atoms with Crippen LogP contribution >= 0.6 is 22.9 Å². The predicted molar refractivity (Wildman–Crippen MR) is 179 cm³/mol. The van der Waals surface area contributed by atoms with E-state index in [1.165, 1.54) is 17.4 Å². The Morgan fingerprint density at radius 1 is 0.837 bits per heavy atom. The van der Waals surface area contributed by atoms with E-state index in [1.807, 2.05) is 90.3 Å². The highest BCUT2D eigenvalue weighted by Crippen LogP contribution is 2.32. The summed E-state index contributed by atoms with van der Waals surface area (Å²) in [6.45, 7) is 1.89. The SMILES string of the molecule is CS(=O)(=O)c1cccc(-c2ccc(/C(=C/C(=N)CN(Cc3ccccc3)Cc3ccccc3)[NH2+]c3ccccc3Cl)s2)c1. The minimum atomic E-state index is -3.32. The molecule has 0 fully saturated rings. The van der Waals surface area contributed by atoms with Crippen LogP contribution in [0, 0.1) is 5.41 Å². The molecule has 1 heterocycles. The Balaban J connectivity index is 1.45. The zero-order chi connectivity index (χ0) is 30.2. The van der Waals surface area contributed by atoms with Crippen molar-refractivity contribution in [3.05, 3.63) is 148 Å². The van der Waals surface area contributed by atoms with Crippen molar-refractivity contribution in [2.75, 3.05) is 12.8 Å². The van der Waals surface area contributed by atoms with Gasteiger partial charge in [-0.3, -0.25) is 10.2 Å².